The summed E-state index contributed by atoms with van der Waals surface area (Å²) in [5.41, 5.74) is 5.61. The van der Waals surface area contributed by atoms with E-state index in [1.165, 1.54) is 24.3 Å². The maximum atomic E-state index is 12.8. The molecule has 2 aromatic rings. The lowest BCUT2D eigenvalue weighted by Gasteiger charge is -2.08. The molecule has 0 atom stereocenters. The summed E-state index contributed by atoms with van der Waals surface area (Å²) in [5.74, 6) is 1.21. The lowest BCUT2D eigenvalue weighted by atomic mass is 10.3. The molecule has 0 bridgehead atoms. The van der Waals surface area contributed by atoms with Crippen molar-refractivity contribution in [2.45, 2.75) is 13.3 Å². The fraction of sp³-hybridized carbons (Fsp3) is 0.231. The predicted molar refractivity (Wildman–Crippen MR) is 71.7 cm³/mol. The maximum Gasteiger partial charge on any atom is 0.226 e. The summed E-state index contributed by atoms with van der Waals surface area (Å²) in [5, 5.41) is 3.10. The molecule has 0 saturated carbocycles. The number of halogens is 1. The minimum Gasteiger partial charge on any atom is -0.439 e. The van der Waals surface area contributed by atoms with Gasteiger partial charge in [-0.1, -0.05) is 6.92 Å². The first-order chi connectivity index (χ1) is 9.17. The van der Waals surface area contributed by atoms with Crippen LogP contribution in [0.25, 0.3) is 0 Å². The van der Waals surface area contributed by atoms with E-state index in [4.69, 9.17) is 10.5 Å². The van der Waals surface area contributed by atoms with Crippen molar-refractivity contribution in [2.24, 2.45) is 0 Å². The van der Waals surface area contributed by atoms with Crippen LogP contribution in [0.2, 0.25) is 0 Å². The standard InChI is InChI=1S/C13H15FN4O/c1-2-7-16-11-8-12(18-13(15)17-11)19-10-5-3-9(14)4-6-10/h3-6,8H,2,7H2,1H3,(H3,15,16,17,18). The molecule has 1 heterocycles. The van der Waals surface area contributed by atoms with Crippen molar-refractivity contribution < 1.29 is 9.13 Å². The van der Waals surface area contributed by atoms with E-state index in [2.05, 4.69) is 15.3 Å². The summed E-state index contributed by atoms with van der Waals surface area (Å²) in [4.78, 5) is 8.01. The van der Waals surface area contributed by atoms with Gasteiger partial charge in [-0.2, -0.15) is 9.97 Å². The van der Waals surface area contributed by atoms with Crippen molar-refractivity contribution in [3.63, 3.8) is 0 Å². The van der Waals surface area contributed by atoms with Crippen LogP contribution in [0.4, 0.5) is 16.2 Å². The van der Waals surface area contributed by atoms with Gasteiger partial charge in [-0.25, -0.2) is 4.39 Å². The van der Waals surface area contributed by atoms with E-state index in [0.29, 0.717) is 17.4 Å². The summed E-state index contributed by atoms with van der Waals surface area (Å²) in [7, 11) is 0. The van der Waals surface area contributed by atoms with Gasteiger partial charge in [-0.3, -0.25) is 0 Å². The second kappa shape index (κ2) is 5.99. The Morgan fingerprint density at radius 2 is 2.00 bits per heavy atom. The Hall–Kier alpha value is -2.37. The van der Waals surface area contributed by atoms with E-state index in [1.807, 2.05) is 6.92 Å². The highest BCUT2D eigenvalue weighted by Gasteiger charge is 2.04. The van der Waals surface area contributed by atoms with Gasteiger partial charge in [0.1, 0.15) is 17.4 Å². The largest absolute Gasteiger partial charge is 0.439 e. The molecular formula is C13H15FN4O. The molecule has 0 radical (unpaired) electrons. The predicted octanol–water partition coefficient (Wildman–Crippen LogP) is 2.81. The average Bonchev–Trinajstić information content (AvgIpc) is 2.38. The van der Waals surface area contributed by atoms with Crippen LogP contribution in [0, 0.1) is 5.82 Å². The Labute approximate surface area is 110 Å². The zero-order valence-electron chi connectivity index (χ0n) is 10.6. The normalized spacial score (nSPS) is 10.2. The lowest BCUT2D eigenvalue weighted by Crippen LogP contribution is -2.05. The molecular weight excluding hydrogens is 247 g/mol. The Morgan fingerprint density at radius 3 is 2.68 bits per heavy atom. The number of hydrogen-bond donors (Lipinski definition) is 2. The summed E-state index contributed by atoms with van der Waals surface area (Å²) >= 11 is 0. The number of ether oxygens (including phenoxy) is 1. The van der Waals surface area contributed by atoms with Crippen LogP contribution in [-0.4, -0.2) is 16.5 Å². The smallest absolute Gasteiger partial charge is 0.226 e. The fourth-order valence-corrected chi connectivity index (χ4v) is 1.46. The third kappa shape index (κ3) is 3.80. The van der Waals surface area contributed by atoms with Crippen LogP contribution in [0.15, 0.2) is 30.3 Å². The van der Waals surface area contributed by atoms with Crippen molar-refractivity contribution in [3.8, 4) is 11.6 Å². The Balaban J connectivity index is 2.15. The average molecular weight is 262 g/mol. The summed E-state index contributed by atoms with van der Waals surface area (Å²) in [6.45, 7) is 2.83. The lowest BCUT2D eigenvalue weighted by molar-refractivity contribution is 0.461. The van der Waals surface area contributed by atoms with Crippen molar-refractivity contribution in [3.05, 3.63) is 36.1 Å². The molecule has 0 amide bonds. The highest BCUT2D eigenvalue weighted by Crippen LogP contribution is 2.22. The van der Waals surface area contributed by atoms with Crippen molar-refractivity contribution >= 4 is 11.8 Å². The summed E-state index contributed by atoms with van der Waals surface area (Å²) in [6, 6.07) is 7.32. The van der Waals surface area contributed by atoms with E-state index >= 15 is 0 Å². The SMILES string of the molecule is CCCNc1cc(Oc2ccc(F)cc2)nc(N)n1. The third-order valence-electron chi connectivity index (χ3n) is 2.31. The van der Waals surface area contributed by atoms with Crippen molar-refractivity contribution in [1.82, 2.24) is 9.97 Å². The molecule has 0 aliphatic heterocycles. The minimum absolute atomic E-state index is 0.123. The van der Waals surface area contributed by atoms with Gasteiger partial charge < -0.3 is 15.8 Å². The summed E-state index contributed by atoms with van der Waals surface area (Å²) in [6.07, 6.45) is 0.970. The molecule has 0 fully saturated rings. The van der Waals surface area contributed by atoms with Crippen LogP contribution in [0.5, 0.6) is 11.6 Å². The van der Waals surface area contributed by atoms with E-state index in [0.717, 1.165) is 13.0 Å². The maximum absolute atomic E-state index is 12.8. The number of nitrogen functional groups attached to an aromatic ring is 1. The molecule has 0 aliphatic carbocycles. The number of anilines is 2. The molecule has 0 spiro atoms. The van der Waals surface area contributed by atoms with E-state index in [9.17, 15) is 4.39 Å². The van der Waals surface area contributed by atoms with Crippen LogP contribution in [-0.2, 0) is 0 Å². The first-order valence-electron chi connectivity index (χ1n) is 5.99. The molecule has 0 aliphatic rings. The Kier molecular flexibility index (Phi) is 4.12. The first-order valence-corrected chi connectivity index (χ1v) is 5.99. The van der Waals surface area contributed by atoms with Gasteiger partial charge in [0.05, 0.1) is 0 Å². The molecule has 3 N–H and O–H groups in total. The van der Waals surface area contributed by atoms with E-state index in [1.54, 1.807) is 6.07 Å². The number of hydrogen-bond acceptors (Lipinski definition) is 5. The molecule has 0 unspecified atom stereocenters. The Morgan fingerprint density at radius 1 is 1.26 bits per heavy atom. The van der Waals surface area contributed by atoms with Crippen molar-refractivity contribution in [2.75, 3.05) is 17.6 Å². The molecule has 19 heavy (non-hydrogen) atoms. The highest BCUT2D eigenvalue weighted by molar-refractivity contribution is 5.43. The van der Waals surface area contributed by atoms with E-state index < -0.39 is 0 Å². The van der Waals surface area contributed by atoms with Gasteiger partial charge in [0.15, 0.2) is 0 Å². The quantitative estimate of drug-likeness (QED) is 0.866. The number of aromatic nitrogens is 2. The number of benzene rings is 1. The fourth-order valence-electron chi connectivity index (χ4n) is 1.46. The van der Waals surface area contributed by atoms with Gasteiger partial charge in [0.25, 0.3) is 0 Å². The van der Waals surface area contributed by atoms with Crippen molar-refractivity contribution in [1.29, 1.82) is 0 Å². The second-order valence-corrected chi connectivity index (χ2v) is 3.93. The zero-order chi connectivity index (χ0) is 13.7. The van der Waals surface area contributed by atoms with Gasteiger partial charge in [0, 0.05) is 12.6 Å². The van der Waals surface area contributed by atoms with Crippen LogP contribution in [0.1, 0.15) is 13.3 Å². The van der Waals surface area contributed by atoms with Crippen LogP contribution >= 0.6 is 0 Å². The molecule has 0 saturated heterocycles. The minimum atomic E-state index is -0.320. The highest BCUT2D eigenvalue weighted by atomic mass is 19.1. The van der Waals surface area contributed by atoms with Gasteiger partial charge in [-0.05, 0) is 30.7 Å². The van der Waals surface area contributed by atoms with Crippen LogP contribution in [0.3, 0.4) is 0 Å². The Bertz CT molecular complexity index is 545. The number of nitrogens with zero attached hydrogens (tertiary/aromatic N) is 2. The summed E-state index contributed by atoms with van der Waals surface area (Å²) < 4.78 is 18.3. The second-order valence-electron chi connectivity index (χ2n) is 3.93. The van der Waals surface area contributed by atoms with Gasteiger partial charge in [0.2, 0.25) is 11.8 Å². The van der Waals surface area contributed by atoms with Crippen LogP contribution < -0.4 is 15.8 Å². The molecule has 2 rings (SSSR count). The molecule has 1 aromatic carbocycles. The number of nitrogens with one attached hydrogen (secondary N) is 1. The van der Waals surface area contributed by atoms with Gasteiger partial charge in [-0.15, -0.1) is 0 Å². The monoisotopic (exact) mass is 262 g/mol. The molecule has 1 aromatic heterocycles. The molecule has 100 valence electrons. The number of rotatable bonds is 5. The van der Waals surface area contributed by atoms with E-state index in [-0.39, 0.29) is 11.8 Å². The molecule has 5 nitrogen and oxygen atoms in total. The topological polar surface area (TPSA) is 73.1 Å². The molecule has 6 heteroatoms. The van der Waals surface area contributed by atoms with Gasteiger partial charge >= 0.3 is 0 Å². The third-order valence-corrected chi connectivity index (χ3v) is 2.31. The first kappa shape index (κ1) is 13.1. The number of nitrogens with two attached hydrogens (primary N) is 1. The zero-order valence-corrected chi connectivity index (χ0v) is 10.6.